The number of aliphatic carboxylic acids is 1. The van der Waals surface area contributed by atoms with Gasteiger partial charge in [0.2, 0.25) is 23.6 Å². The molecule has 0 spiro atoms. The number of amides is 4. The average molecular weight is 516 g/mol. The summed E-state index contributed by atoms with van der Waals surface area (Å²) >= 11 is 0. The molecular weight excluding hydrogens is 474 g/mol. The lowest BCUT2D eigenvalue weighted by Crippen LogP contribution is -2.58. The van der Waals surface area contributed by atoms with Crippen LogP contribution in [0.5, 0.6) is 0 Å². The highest BCUT2D eigenvalue weighted by atomic mass is 16.4. The van der Waals surface area contributed by atoms with E-state index in [1.807, 2.05) is 0 Å². The number of nitrogens with zero attached hydrogens (tertiary/aromatic N) is 1. The van der Waals surface area contributed by atoms with Gasteiger partial charge in [-0.3, -0.25) is 24.2 Å². The van der Waals surface area contributed by atoms with Crippen LogP contribution in [-0.4, -0.2) is 77.9 Å². The van der Waals surface area contributed by atoms with Crippen LogP contribution in [0, 0.1) is 5.92 Å². The molecule has 4 atom stereocenters. The number of carboxylic acids is 1. The molecule has 0 fully saturated rings. The maximum absolute atomic E-state index is 13.0. The van der Waals surface area contributed by atoms with Crippen molar-refractivity contribution in [1.82, 2.24) is 16.0 Å². The third-order valence-electron chi connectivity index (χ3n) is 5.15. The number of nitrogens with one attached hydrogen (secondary N) is 3. The molecule has 4 amide bonds. The first-order chi connectivity index (χ1) is 16.8. The Morgan fingerprint density at radius 3 is 1.94 bits per heavy atom. The summed E-state index contributed by atoms with van der Waals surface area (Å²) in [6.07, 6.45) is 1.28. The fraction of sp³-hybridized carbons (Fsp3) is 0.714. The molecule has 0 aliphatic rings. The highest BCUT2D eigenvalue weighted by Gasteiger charge is 2.31. The summed E-state index contributed by atoms with van der Waals surface area (Å²) < 4.78 is 0. The molecular formula is C21H41N9O6. The van der Waals surface area contributed by atoms with E-state index in [-0.39, 0.29) is 24.7 Å². The van der Waals surface area contributed by atoms with Crippen LogP contribution in [0.25, 0.3) is 0 Å². The lowest BCUT2D eigenvalue weighted by molar-refractivity contribution is -0.143. The standard InChI is InChI=1S/C21H41N9O6/c1-11(2)16(30-17(32)12(23)6-5-9-27-21(25)26)19(34)28-13(7-3-4-8-22)18(33)29-14(20(35)36)10-15(24)31/h11-14,16H,3-10,22-23H2,1-2H3,(H2,24,31)(H,28,34)(H,29,33)(H,30,32)(H,35,36)(H4,25,26,27). The maximum Gasteiger partial charge on any atom is 0.326 e. The molecule has 0 heterocycles. The van der Waals surface area contributed by atoms with Crippen molar-refractivity contribution in [1.29, 1.82) is 0 Å². The van der Waals surface area contributed by atoms with Gasteiger partial charge >= 0.3 is 5.97 Å². The van der Waals surface area contributed by atoms with Crippen LogP contribution < -0.4 is 44.6 Å². The fourth-order valence-electron chi connectivity index (χ4n) is 3.14. The van der Waals surface area contributed by atoms with E-state index in [2.05, 4.69) is 20.9 Å². The maximum atomic E-state index is 13.0. The average Bonchev–Trinajstić information content (AvgIpc) is 2.77. The van der Waals surface area contributed by atoms with E-state index < -0.39 is 60.2 Å². The van der Waals surface area contributed by atoms with E-state index in [0.29, 0.717) is 32.4 Å². The smallest absolute Gasteiger partial charge is 0.326 e. The highest BCUT2D eigenvalue weighted by molar-refractivity contribution is 5.95. The van der Waals surface area contributed by atoms with Gasteiger partial charge in [-0.2, -0.15) is 0 Å². The topological polar surface area (TPSA) is 284 Å². The van der Waals surface area contributed by atoms with Gasteiger partial charge in [-0.15, -0.1) is 0 Å². The van der Waals surface area contributed by atoms with Crippen molar-refractivity contribution in [3.05, 3.63) is 0 Å². The molecule has 15 nitrogen and oxygen atoms in total. The summed E-state index contributed by atoms with van der Waals surface area (Å²) in [4.78, 5) is 64.7. The van der Waals surface area contributed by atoms with Crippen molar-refractivity contribution in [2.24, 2.45) is 39.6 Å². The second-order valence-corrected chi connectivity index (χ2v) is 8.70. The molecule has 15 heteroatoms. The number of rotatable bonds is 18. The predicted molar refractivity (Wildman–Crippen MR) is 133 cm³/mol. The molecule has 14 N–H and O–H groups in total. The monoisotopic (exact) mass is 515 g/mol. The molecule has 0 aromatic carbocycles. The van der Waals surface area contributed by atoms with E-state index >= 15 is 0 Å². The van der Waals surface area contributed by atoms with E-state index in [1.54, 1.807) is 13.8 Å². The molecule has 0 bridgehead atoms. The third-order valence-corrected chi connectivity index (χ3v) is 5.15. The lowest BCUT2D eigenvalue weighted by Gasteiger charge is -2.27. The van der Waals surface area contributed by atoms with Crippen LogP contribution in [0.15, 0.2) is 4.99 Å². The molecule has 36 heavy (non-hydrogen) atoms. The van der Waals surface area contributed by atoms with Crippen LogP contribution in [0.2, 0.25) is 0 Å². The zero-order valence-electron chi connectivity index (χ0n) is 20.9. The summed E-state index contributed by atoms with van der Waals surface area (Å²) in [5, 5.41) is 16.6. The molecule has 0 aromatic rings. The second-order valence-electron chi connectivity index (χ2n) is 8.70. The van der Waals surface area contributed by atoms with E-state index in [1.165, 1.54) is 0 Å². The van der Waals surface area contributed by atoms with Crippen molar-refractivity contribution < 1.29 is 29.1 Å². The van der Waals surface area contributed by atoms with Gasteiger partial charge < -0.3 is 49.7 Å². The lowest BCUT2D eigenvalue weighted by atomic mass is 10.0. The minimum absolute atomic E-state index is 0.0704. The first-order valence-electron chi connectivity index (χ1n) is 11.7. The SMILES string of the molecule is CC(C)C(NC(=O)C(N)CCCN=C(N)N)C(=O)NC(CCCCN)C(=O)NC(CC(N)=O)C(=O)O. The Hall–Kier alpha value is -3.46. The second kappa shape index (κ2) is 17.0. The fourth-order valence-corrected chi connectivity index (χ4v) is 3.14. The van der Waals surface area contributed by atoms with Crippen molar-refractivity contribution in [2.45, 2.75) is 76.5 Å². The number of carbonyl (C=O) groups excluding carboxylic acids is 4. The van der Waals surface area contributed by atoms with Crippen LogP contribution in [-0.2, 0) is 24.0 Å². The number of unbranched alkanes of at least 4 members (excludes halogenated alkanes) is 1. The number of hydrogen-bond donors (Lipinski definition) is 9. The zero-order chi connectivity index (χ0) is 27.8. The summed E-state index contributed by atoms with van der Waals surface area (Å²) in [7, 11) is 0. The molecule has 0 aliphatic heterocycles. The number of aliphatic imine (C=N–C) groups is 1. The van der Waals surface area contributed by atoms with Crippen LogP contribution in [0.4, 0.5) is 0 Å². The van der Waals surface area contributed by atoms with Gasteiger partial charge in [-0.25, -0.2) is 4.79 Å². The van der Waals surface area contributed by atoms with Crippen LogP contribution >= 0.6 is 0 Å². The Morgan fingerprint density at radius 1 is 0.833 bits per heavy atom. The highest BCUT2D eigenvalue weighted by Crippen LogP contribution is 2.08. The largest absolute Gasteiger partial charge is 0.480 e. The summed E-state index contributed by atoms with van der Waals surface area (Å²) in [6.45, 7) is 4.05. The molecule has 0 saturated carbocycles. The van der Waals surface area contributed by atoms with Gasteiger partial charge in [0.25, 0.3) is 0 Å². The number of nitrogens with two attached hydrogens (primary N) is 5. The van der Waals surface area contributed by atoms with Crippen LogP contribution in [0.3, 0.4) is 0 Å². The zero-order valence-corrected chi connectivity index (χ0v) is 20.9. The number of carbonyl (C=O) groups is 5. The van der Waals surface area contributed by atoms with Crippen molar-refractivity contribution in [3.8, 4) is 0 Å². The first kappa shape index (κ1) is 32.5. The molecule has 0 rings (SSSR count). The predicted octanol–water partition coefficient (Wildman–Crippen LogP) is -3.43. The summed E-state index contributed by atoms with van der Waals surface area (Å²) in [5.74, 6) is -4.82. The normalized spacial score (nSPS) is 14.1. The van der Waals surface area contributed by atoms with Crippen molar-refractivity contribution in [2.75, 3.05) is 13.1 Å². The minimum Gasteiger partial charge on any atom is -0.480 e. The van der Waals surface area contributed by atoms with Gasteiger partial charge in [-0.05, 0) is 44.6 Å². The molecule has 0 radical (unpaired) electrons. The summed E-state index contributed by atoms with van der Waals surface area (Å²) in [6, 6.07) is -4.62. The number of hydrogen-bond acceptors (Lipinski definition) is 8. The van der Waals surface area contributed by atoms with Crippen LogP contribution in [0.1, 0.15) is 52.4 Å². The van der Waals surface area contributed by atoms with E-state index in [4.69, 9.17) is 28.7 Å². The Labute approximate surface area is 210 Å². The molecule has 206 valence electrons. The van der Waals surface area contributed by atoms with Crippen molar-refractivity contribution >= 4 is 35.6 Å². The quantitative estimate of drug-likeness (QED) is 0.0494. The Kier molecular flexibility index (Phi) is 15.4. The van der Waals surface area contributed by atoms with E-state index in [0.717, 1.165) is 0 Å². The van der Waals surface area contributed by atoms with Crippen molar-refractivity contribution in [3.63, 3.8) is 0 Å². The number of carboxylic acid groups (broad SMARTS) is 1. The van der Waals surface area contributed by atoms with E-state index in [9.17, 15) is 29.1 Å². The number of primary amides is 1. The van der Waals surface area contributed by atoms with Gasteiger partial charge in [-0.1, -0.05) is 13.8 Å². The third kappa shape index (κ3) is 13.4. The molecule has 4 unspecified atom stereocenters. The Bertz CT molecular complexity index is 786. The Balaban J connectivity index is 5.36. The Morgan fingerprint density at radius 2 is 1.44 bits per heavy atom. The van der Waals surface area contributed by atoms with Gasteiger partial charge in [0.05, 0.1) is 12.5 Å². The first-order valence-corrected chi connectivity index (χ1v) is 11.7. The minimum atomic E-state index is -1.55. The molecule has 0 aromatic heterocycles. The summed E-state index contributed by atoms with van der Waals surface area (Å²) in [5.41, 5.74) is 27.0. The molecule has 0 saturated heterocycles. The molecule has 0 aliphatic carbocycles. The van der Waals surface area contributed by atoms with Gasteiger partial charge in [0, 0.05) is 6.54 Å². The van der Waals surface area contributed by atoms with Gasteiger partial charge in [0.15, 0.2) is 5.96 Å². The number of guanidine groups is 1. The van der Waals surface area contributed by atoms with Gasteiger partial charge in [0.1, 0.15) is 18.1 Å².